The first-order valence-electron chi connectivity index (χ1n) is 6.08. The van der Waals surface area contributed by atoms with Crippen LogP contribution in [-0.2, 0) is 15.8 Å². The zero-order valence-electron chi connectivity index (χ0n) is 11.2. The van der Waals surface area contributed by atoms with Crippen LogP contribution in [0, 0.1) is 18.6 Å². The van der Waals surface area contributed by atoms with Crippen molar-refractivity contribution in [2.24, 2.45) is 0 Å². The molecule has 2 rings (SSSR count). The largest absolute Gasteiger partial charge is 0.399 e. The fourth-order valence-electron chi connectivity index (χ4n) is 1.84. The van der Waals surface area contributed by atoms with Crippen LogP contribution in [0.25, 0.3) is 0 Å². The second-order valence-corrected chi connectivity index (χ2v) is 6.38. The Morgan fingerprint density at radius 3 is 2.57 bits per heavy atom. The minimum Gasteiger partial charge on any atom is -0.399 e. The summed E-state index contributed by atoms with van der Waals surface area (Å²) in [5, 5.41) is 0. The average molecular weight is 312 g/mol. The Bertz CT molecular complexity index is 777. The molecule has 112 valence electrons. The SMILES string of the molecule is Cc1ccc(F)c(NS(=O)(=O)Cc2cccc(N)c2)c1F. The van der Waals surface area contributed by atoms with Crippen LogP contribution >= 0.6 is 0 Å². The summed E-state index contributed by atoms with van der Waals surface area (Å²) in [6.07, 6.45) is 0. The highest BCUT2D eigenvalue weighted by Gasteiger charge is 2.18. The highest BCUT2D eigenvalue weighted by Crippen LogP contribution is 2.23. The third-order valence-corrected chi connectivity index (χ3v) is 4.08. The van der Waals surface area contributed by atoms with E-state index in [-0.39, 0.29) is 5.56 Å². The van der Waals surface area contributed by atoms with Gasteiger partial charge in [-0.15, -0.1) is 0 Å². The molecule has 0 saturated carbocycles. The molecule has 2 aromatic carbocycles. The molecule has 0 heterocycles. The molecule has 2 aromatic rings. The number of halogens is 2. The van der Waals surface area contributed by atoms with Gasteiger partial charge >= 0.3 is 0 Å². The van der Waals surface area contributed by atoms with E-state index < -0.39 is 33.1 Å². The lowest BCUT2D eigenvalue weighted by atomic mass is 10.2. The van der Waals surface area contributed by atoms with Crippen LogP contribution in [0.3, 0.4) is 0 Å². The molecule has 0 amide bonds. The fourth-order valence-corrected chi connectivity index (χ4v) is 3.03. The number of aryl methyl sites for hydroxylation is 1. The van der Waals surface area contributed by atoms with Crippen molar-refractivity contribution in [1.29, 1.82) is 0 Å². The zero-order chi connectivity index (χ0) is 15.6. The first-order valence-corrected chi connectivity index (χ1v) is 7.73. The smallest absolute Gasteiger partial charge is 0.237 e. The van der Waals surface area contributed by atoms with E-state index in [1.54, 1.807) is 18.2 Å². The first-order chi connectivity index (χ1) is 9.78. The molecule has 0 radical (unpaired) electrons. The maximum absolute atomic E-state index is 13.8. The van der Waals surface area contributed by atoms with E-state index in [4.69, 9.17) is 5.73 Å². The van der Waals surface area contributed by atoms with Gasteiger partial charge in [0.1, 0.15) is 11.5 Å². The normalized spacial score (nSPS) is 11.4. The van der Waals surface area contributed by atoms with E-state index in [0.717, 1.165) is 6.07 Å². The number of hydrogen-bond donors (Lipinski definition) is 2. The lowest BCUT2D eigenvalue weighted by Gasteiger charge is -2.11. The molecule has 21 heavy (non-hydrogen) atoms. The van der Waals surface area contributed by atoms with E-state index in [1.807, 2.05) is 4.72 Å². The summed E-state index contributed by atoms with van der Waals surface area (Å²) in [5.74, 6) is -2.31. The number of sulfonamides is 1. The van der Waals surface area contributed by atoms with Crippen molar-refractivity contribution in [1.82, 2.24) is 0 Å². The van der Waals surface area contributed by atoms with Crippen molar-refractivity contribution in [3.63, 3.8) is 0 Å². The first kappa shape index (κ1) is 15.2. The second kappa shape index (κ2) is 5.69. The molecule has 0 aliphatic rings. The van der Waals surface area contributed by atoms with Crippen molar-refractivity contribution in [3.8, 4) is 0 Å². The molecular formula is C14H14F2N2O2S. The van der Waals surface area contributed by atoms with Gasteiger partial charge in [0.2, 0.25) is 10.0 Å². The molecule has 3 N–H and O–H groups in total. The highest BCUT2D eigenvalue weighted by atomic mass is 32.2. The number of nitrogens with two attached hydrogens (primary N) is 1. The number of rotatable bonds is 4. The van der Waals surface area contributed by atoms with Gasteiger partial charge in [0.15, 0.2) is 5.82 Å². The summed E-state index contributed by atoms with van der Waals surface area (Å²) >= 11 is 0. The summed E-state index contributed by atoms with van der Waals surface area (Å²) in [6.45, 7) is 1.42. The molecule has 0 unspecified atom stereocenters. The maximum atomic E-state index is 13.8. The summed E-state index contributed by atoms with van der Waals surface area (Å²) in [6, 6.07) is 8.52. The Morgan fingerprint density at radius 1 is 1.19 bits per heavy atom. The van der Waals surface area contributed by atoms with Crippen LogP contribution in [-0.4, -0.2) is 8.42 Å². The van der Waals surface area contributed by atoms with Crippen LogP contribution in [0.15, 0.2) is 36.4 Å². The molecule has 0 spiro atoms. The number of benzene rings is 2. The monoisotopic (exact) mass is 312 g/mol. The Hall–Kier alpha value is -2.15. The molecule has 0 saturated heterocycles. The van der Waals surface area contributed by atoms with Gasteiger partial charge in [0.05, 0.1) is 5.75 Å². The Labute approximate surface area is 121 Å². The van der Waals surface area contributed by atoms with Crippen molar-refractivity contribution in [3.05, 3.63) is 59.2 Å². The number of hydrogen-bond acceptors (Lipinski definition) is 3. The number of nitrogens with one attached hydrogen (secondary N) is 1. The van der Waals surface area contributed by atoms with Gasteiger partial charge in [0, 0.05) is 5.69 Å². The predicted molar refractivity (Wildman–Crippen MR) is 78.2 cm³/mol. The maximum Gasteiger partial charge on any atom is 0.237 e. The van der Waals surface area contributed by atoms with Gasteiger partial charge in [-0.2, -0.15) is 0 Å². The Balaban J connectivity index is 2.28. The highest BCUT2D eigenvalue weighted by molar-refractivity contribution is 7.91. The van der Waals surface area contributed by atoms with Gasteiger partial charge in [-0.1, -0.05) is 18.2 Å². The molecule has 0 aliphatic heterocycles. The van der Waals surface area contributed by atoms with Crippen molar-refractivity contribution in [2.45, 2.75) is 12.7 Å². The van der Waals surface area contributed by atoms with E-state index in [0.29, 0.717) is 11.3 Å². The minimum atomic E-state index is -3.95. The quantitative estimate of drug-likeness (QED) is 0.853. The molecule has 0 aromatic heterocycles. The minimum absolute atomic E-state index is 0.151. The Morgan fingerprint density at radius 2 is 1.90 bits per heavy atom. The molecular weight excluding hydrogens is 298 g/mol. The summed E-state index contributed by atoms with van der Waals surface area (Å²) in [5.41, 5.74) is 5.89. The molecule has 0 bridgehead atoms. The van der Waals surface area contributed by atoms with Crippen LogP contribution < -0.4 is 10.5 Å². The summed E-state index contributed by atoms with van der Waals surface area (Å²) in [4.78, 5) is 0. The topological polar surface area (TPSA) is 72.2 Å². The van der Waals surface area contributed by atoms with Crippen LogP contribution in [0.5, 0.6) is 0 Å². The Kier molecular flexibility index (Phi) is 4.13. The van der Waals surface area contributed by atoms with Crippen molar-refractivity contribution >= 4 is 21.4 Å². The van der Waals surface area contributed by atoms with Crippen molar-refractivity contribution in [2.75, 3.05) is 10.5 Å². The van der Waals surface area contributed by atoms with Gasteiger partial charge in [-0.3, -0.25) is 4.72 Å². The van der Waals surface area contributed by atoms with Gasteiger partial charge < -0.3 is 5.73 Å². The van der Waals surface area contributed by atoms with E-state index >= 15 is 0 Å². The van der Waals surface area contributed by atoms with E-state index in [2.05, 4.69) is 0 Å². The van der Waals surface area contributed by atoms with Crippen LogP contribution in [0.1, 0.15) is 11.1 Å². The lowest BCUT2D eigenvalue weighted by Crippen LogP contribution is -2.17. The molecule has 4 nitrogen and oxygen atoms in total. The van der Waals surface area contributed by atoms with Gasteiger partial charge in [-0.25, -0.2) is 17.2 Å². The van der Waals surface area contributed by atoms with Crippen molar-refractivity contribution < 1.29 is 17.2 Å². The van der Waals surface area contributed by atoms with E-state index in [1.165, 1.54) is 19.1 Å². The van der Waals surface area contributed by atoms with Crippen LogP contribution in [0.2, 0.25) is 0 Å². The molecule has 0 fully saturated rings. The number of nitrogen functional groups attached to an aromatic ring is 1. The third kappa shape index (κ3) is 3.69. The van der Waals surface area contributed by atoms with Gasteiger partial charge in [0.25, 0.3) is 0 Å². The average Bonchev–Trinajstić information content (AvgIpc) is 2.39. The lowest BCUT2D eigenvalue weighted by molar-refractivity contribution is 0.578. The summed E-state index contributed by atoms with van der Waals surface area (Å²) in [7, 11) is -3.95. The second-order valence-electron chi connectivity index (χ2n) is 4.66. The molecule has 0 aliphatic carbocycles. The predicted octanol–water partition coefficient (Wildman–Crippen LogP) is 2.80. The van der Waals surface area contributed by atoms with Gasteiger partial charge in [-0.05, 0) is 36.2 Å². The third-order valence-electron chi connectivity index (χ3n) is 2.85. The molecule has 0 atom stereocenters. The standard InChI is InChI=1S/C14H14F2N2O2S/c1-9-5-6-12(15)14(13(9)16)18-21(19,20)8-10-3-2-4-11(17)7-10/h2-7,18H,8,17H2,1H3. The fraction of sp³-hybridized carbons (Fsp3) is 0.143. The van der Waals surface area contributed by atoms with E-state index in [9.17, 15) is 17.2 Å². The zero-order valence-corrected chi connectivity index (χ0v) is 12.0. The molecule has 7 heteroatoms. The number of anilines is 2. The van der Waals surface area contributed by atoms with Crippen LogP contribution in [0.4, 0.5) is 20.2 Å². The summed E-state index contributed by atoms with van der Waals surface area (Å²) < 4.78 is 53.4.